The number of hydrogen-bond acceptors (Lipinski definition) is 1. The second kappa shape index (κ2) is 5.34. The highest BCUT2D eigenvalue weighted by atomic mass is 127. The zero-order valence-corrected chi connectivity index (χ0v) is 11.6. The van der Waals surface area contributed by atoms with Gasteiger partial charge in [0.25, 0.3) is 6.43 Å². The van der Waals surface area contributed by atoms with Gasteiger partial charge in [0.15, 0.2) is 0 Å². The lowest BCUT2D eigenvalue weighted by molar-refractivity contribution is -0.116. The molecule has 0 amide bonds. The van der Waals surface area contributed by atoms with Crippen LogP contribution in [0.2, 0.25) is 0 Å². The summed E-state index contributed by atoms with van der Waals surface area (Å²) in [6, 6.07) is 4.56. The third kappa shape index (κ3) is 3.21. The van der Waals surface area contributed by atoms with Gasteiger partial charge in [-0.25, -0.2) is 8.78 Å². The molecule has 1 aromatic rings. The minimum absolute atomic E-state index is 0.0903. The first-order valence-corrected chi connectivity index (χ1v) is 6.15. The zero-order valence-electron chi connectivity index (χ0n) is 7.81. The number of alkyl halides is 3. The summed E-state index contributed by atoms with van der Waals surface area (Å²) in [6.07, 6.45) is -2.56. The lowest BCUT2D eigenvalue weighted by Crippen LogP contribution is -2.05. The average molecular weight is 389 g/mol. The largest absolute Gasteiger partial charge is 0.298 e. The molecule has 1 aromatic carbocycles. The molecule has 0 aliphatic heterocycles. The first-order valence-electron chi connectivity index (χ1n) is 4.15. The summed E-state index contributed by atoms with van der Waals surface area (Å²) in [6.45, 7) is 1.37. The van der Waals surface area contributed by atoms with Crippen LogP contribution < -0.4 is 0 Å². The fourth-order valence-corrected chi connectivity index (χ4v) is 2.09. The van der Waals surface area contributed by atoms with Crippen molar-refractivity contribution in [1.29, 1.82) is 0 Å². The molecule has 0 fully saturated rings. The number of benzene rings is 1. The highest BCUT2D eigenvalue weighted by molar-refractivity contribution is 14.1. The Kier molecular flexibility index (Phi) is 4.64. The standard InChI is InChI=1S/C10H8BrF2IO/c1-5(15)9(11)8-4-6(14)2-3-7(8)10(12)13/h2-4,9-10H,1H3. The van der Waals surface area contributed by atoms with E-state index in [-0.39, 0.29) is 11.3 Å². The van der Waals surface area contributed by atoms with Crippen LogP contribution in [0, 0.1) is 3.57 Å². The molecule has 0 heterocycles. The van der Waals surface area contributed by atoms with Crippen molar-refractivity contribution in [2.75, 3.05) is 0 Å². The zero-order chi connectivity index (χ0) is 11.6. The summed E-state index contributed by atoms with van der Waals surface area (Å²) in [5, 5.41) is 0. The molecular formula is C10H8BrF2IO. The molecule has 1 atom stereocenters. The van der Waals surface area contributed by atoms with Gasteiger partial charge in [0.1, 0.15) is 5.78 Å². The molecule has 1 rings (SSSR count). The molecule has 0 aliphatic rings. The summed E-state index contributed by atoms with van der Waals surface area (Å²) < 4.78 is 26.1. The van der Waals surface area contributed by atoms with Crippen LogP contribution in [0.1, 0.15) is 29.3 Å². The van der Waals surface area contributed by atoms with Gasteiger partial charge >= 0.3 is 0 Å². The topological polar surface area (TPSA) is 17.1 Å². The Morgan fingerprint density at radius 1 is 1.40 bits per heavy atom. The van der Waals surface area contributed by atoms with Crippen molar-refractivity contribution in [1.82, 2.24) is 0 Å². The molecule has 82 valence electrons. The smallest absolute Gasteiger partial charge is 0.264 e. The molecule has 1 unspecified atom stereocenters. The van der Waals surface area contributed by atoms with Crippen molar-refractivity contribution in [3.8, 4) is 0 Å². The van der Waals surface area contributed by atoms with Crippen molar-refractivity contribution in [3.05, 3.63) is 32.9 Å². The van der Waals surface area contributed by atoms with Gasteiger partial charge in [-0.15, -0.1) is 0 Å². The molecule has 5 heteroatoms. The SMILES string of the molecule is CC(=O)C(Br)c1cc(I)ccc1C(F)F. The van der Waals surface area contributed by atoms with E-state index in [1.807, 2.05) is 22.6 Å². The van der Waals surface area contributed by atoms with Gasteiger partial charge in [-0.3, -0.25) is 4.79 Å². The molecule has 0 bridgehead atoms. The van der Waals surface area contributed by atoms with E-state index >= 15 is 0 Å². The number of ketones is 1. The summed E-state index contributed by atoms with van der Waals surface area (Å²) in [7, 11) is 0. The Balaban J connectivity index is 3.24. The Hall–Kier alpha value is -0.0400. The second-order valence-electron chi connectivity index (χ2n) is 3.05. The molecule has 0 saturated heterocycles. The highest BCUT2D eigenvalue weighted by Crippen LogP contribution is 2.33. The van der Waals surface area contributed by atoms with Gasteiger partial charge < -0.3 is 0 Å². The lowest BCUT2D eigenvalue weighted by Gasteiger charge is -2.12. The molecule has 0 N–H and O–H groups in total. The van der Waals surface area contributed by atoms with E-state index in [0.717, 1.165) is 3.57 Å². The molecule has 0 spiro atoms. The van der Waals surface area contributed by atoms with E-state index < -0.39 is 11.3 Å². The number of Topliss-reactive ketones (excluding diaryl/α,β-unsaturated/α-hetero) is 1. The second-order valence-corrected chi connectivity index (χ2v) is 5.21. The molecular weight excluding hydrogens is 381 g/mol. The van der Waals surface area contributed by atoms with Crippen LogP contribution in [0.3, 0.4) is 0 Å². The Labute approximate surface area is 109 Å². The number of halogens is 4. The predicted octanol–water partition coefficient (Wildman–Crippen LogP) is 4.25. The molecule has 0 saturated carbocycles. The highest BCUT2D eigenvalue weighted by Gasteiger charge is 2.21. The Morgan fingerprint density at radius 3 is 2.47 bits per heavy atom. The Morgan fingerprint density at radius 2 is 2.00 bits per heavy atom. The van der Waals surface area contributed by atoms with E-state index in [4.69, 9.17) is 0 Å². The van der Waals surface area contributed by atoms with Gasteiger partial charge in [0.05, 0.1) is 4.83 Å². The minimum Gasteiger partial charge on any atom is -0.298 e. The predicted molar refractivity (Wildman–Crippen MR) is 66.5 cm³/mol. The fraction of sp³-hybridized carbons (Fsp3) is 0.300. The summed E-state index contributed by atoms with van der Waals surface area (Å²) >= 11 is 5.14. The van der Waals surface area contributed by atoms with Crippen molar-refractivity contribution >= 4 is 44.3 Å². The van der Waals surface area contributed by atoms with Gasteiger partial charge in [-0.1, -0.05) is 22.0 Å². The van der Waals surface area contributed by atoms with Crippen LogP contribution in [0.5, 0.6) is 0 Å². The van der Waals surface area contributed by atoms with Crippen molar-refractivity contribution in [2.45, 2.75) is 18.2 Å². The van der Waals surface area contributed by atoms with Crippen LogP contribution in [-0.2, 0) is 4.79 Å². The maximum atomic E-state index is 12.6. The first kappa shape index (κ1) is 13.0. The van der Waals surface area contributed by atoms with Crippen molar-refractivity contribution < 1.29 is 13.6 Å². The number of carbonyl (C=O) groups excluding carboxylic acids is 1. The van der Waals surface area contributed by atoms with Gasteiger partial charge in [-0.05, 0) is 47.2 Å². The molecule has 15 heavy (non-hydrogen) atoms. The van der Waals surface area contributed by atoms with Crippen LogP contribution in [0.15, 0.2) is 18.2 Å². The summed E-state index contributed by atoms with van der Waals surface area (Å²) in [4.78, 5) is 10.5. The fourth-order valence-electron chi connectivity index (χ4n) is 1.18. The molecule has 0 aromatic heterocycles. The van der Waals surface area contributed by atoms with E-state index in [1.165, 1.54) is 13.0 Å². The normalized spacial score (nSPS) is 12.9. The molecule has 1 nitrogen and oxygen atoms in total. The van der Waals surface area contributed by atoms with E-state index in [2.05, 4.69) is 15.9 Å². The third-order valence-corrected chi connectivity index (χ3v) is 3.72. The van der Waals surface area contributed by atoms with Crippen LogP contribution in [-0.4, -0.2) is 5.78 Å². The summed E-state index contributed by atoms with van der Waals surface area (Å²) in [5.41, 5.74) is 0.261. The number of carbonyl (C=O) groups is 1. The van der Waals surface area contributed by atoms with Gasteiger partial charge in [-0.2, -0.15) is 0 Å². The number of rotatable bonds is 3. The van der Waals surface area contributed by atoms with Crippen LogP contribution in [0.4, 0.5) is 8.78 Å². The molecule has 0 radical (unpaired) electrons. The number of hydrogen-bond donors (Lipinski definition) is 0. The van der Waals surface area contributed by atoms with Gasteiger partial charge in [0, 0.05) is 9.13 Å². The molecule has 0 aliphatic carbocycles. The minimum atomic E-state index is -2.56. The van der Waals surface area contributed by atoms with E-state index in [9.17, 15) is 13.6 Å². The first-order chi connectivity index (χ1) is 6.93. The van der Waals surface area contributed by atoms with Crippen molar-refractivity contribution in [3.63, 3.8) is 0 Å². The summed E-state index contributed by atoms with van der Waals surface area (Å²) in [5.74, 6) is -0.182. The monoisotopic (exact) mass is 388 g/mol. The third-order valence-electron chi connectivity index (χ3n) is 1.91. The van der Waals surface area contributed by atoms with Crippen LogP contribution >= 0.6 is 38.5 Å². The lowest BCUT2D eigenvalue weighted by atomic mass is 10.0. The van der Waals surface area contributed by atoms with Crippen LogP contribution in [0.25, 0.3) is 0 Å². The maximum Gasteiger partial charge on any atom is 0.264 e. The quantitative estimate of drug-likeness (QED) is 0.558. The van der Waals surface area contributed by atoms with Crippen molar-refractivity contribution in [2.24, 2.45) is 0 Å². The van der Waals surface area contributed by atoms with E-state index in [0.29, 0.717) is 5.56 Å². The van der Waals surface area contributed by atoms with Gasteiger partial charge in [0.2, 0.25) is 0 Å². The average Bonchev–Trinajstić information content (AvgIpc) is 2.15. The maximum absolute atomic E-state index is 12.6. The Bertz CT molecular complexity index is 382. The van der Waals surface area contributed by atoms with E-state index in [1.54, 1.807) is 12.1 Å².